The molecule has 3 aromatic rings. The molecule has 2 aromatic heterocycles. The molecular weight excluding hydrogens is 354 g/mol. The number of aromatic nitrogens is 3. The number of hydrogen-bond acceptors (Lipinski definition) is 5. The van der Waals surface area contributed by atoms with E-state index in [4.69, 9.17) is 5.11 Å². The molecule has 0 saturated carbocycles. The van der Waals surface area contributed by atoms with E-state index in [1.165, 1.54) is 0 Å². The SMILES string of the molecule is CN1CCN(C(=O)c2ccccc2-c2nc3nccc(CCCO)c3[nH]2)CC1. The summed E-state index contributed by atoms with van der Waals surface area (Å²) in [5.41, 5.74) is 4.02. The Balaban J connectivity index is 1.69. The van der Waals surface area contributed by atoms with Gasteiger partial charge in [0.05, 0.1) is 11.1 Å². The number of piperazine rings is 1. The summed E-state index contributed by atoms with van der Waals surface area (Å²) < 4.78 is 0. The summed E-state index contributed by atoms with van der Waals surface area (Å²) >= 11 is 0. The topological polar surface area (TPSA) is 85.3 Å². The maximum absolute atomic E-state index is 13.1. The number of imidazole rings is 1. The largest absolute Gasteiger partial charge is 0.396 e. The zero-order valence-corrected chi connectivity index (χ0v) is 16.1. The molecule has 0 aliphatic carbocycles. The van der Waals surface area contributed by atoms with Crippen LogP contribution >= 0.6 is 0 Å². The van der Waals surface area contributed by atoms with Gasteiger partial charge in [0.2, 0.25) is 0 Å². The van der Waals surface area contributed by atoms with Crippen molar-refractivity contribution < 1.29 is 9.90 Å². The van der Waals surface area contributed by atoms with Crippen molar-refractivity contribution in [2.75, 3.05) is 39.8 Å². The maximum Gasteiger partial charge on any atom is 0.254 e. The zero-order chi connectivity index (χ0) is 19.5. The molecule has 2 N–H and O–H groups in total. The second kappa shape index (κ2) is 8.08. The van der Waals surface area contributed by atoms with Crippen LogP contribution in [0.2, 0.25) is 0 Å². The number of carbonyl (C=O) groups excluding carboxylic acids is 1. The molecule has 7 heteroatoms. The second-order valence-electron chi connectivity index (χ2n) is 7.22. The number of carbonyl (C=O) groups is 1. The fourth-order valence-corrected chi connectivity index (χ4v) is 3.62. The van der Waals surface area contributed by atoms with Gasteiger partial charge in [-0.3, -0.25) is 4.79 Å². The van der Waals surface area contributed by atoms with Gasteiger partial charge in [0.25, 0.3) is 5.91 Å². The lowest BCUT2D eigenvalue weighted by atomic mass is 10.1. The van der Waals surface area contributed by atoms with Crippen molar-refractivity contribution in [1.82, 2.24) is 24.8 Å². The Morgan fingerprint density at radius 2 is 1.96 bits per heavy atom. The minimum atomic E-state index is 0.0395. The van der Waals surface area contributed by atoms with E-state index in [9.17, 15) is 4.79 Å². The highest BCUT2D eigenvalue weighted by atomic mass is 16.2. The van der Waals surface area contributed by atoms with E-state index in [1.807, 2.05) is 35.2 Å². The molecular formula is C21H25N5O2. The first-order chi connectivity index (χ1) is 13.7. The number of likely N-dealkylation sites (N-methyl/N-ethyl adjacent to an activating group) is 1. The lowest BCUT2D eigenvalue weighted by Gasteiger charge is -2.32. The third-order valence-corrected chi connectivity index (χ3v) is 5.29. The first kappa shape index (κ1) is 18.6. The Morgan fingerprint density at radius 3 is 2.75 bits per heavy atom. The van der Waals surface area contributed by atoms with Gasteiger partial charge in [0, 0.05) is 44.5 Å². The summed E-state index contributed by atoms with van der Waals surface area (Å²) in [4.78, 5) is 29.7. The van der Waals surface area contributed by atoms with Crippen molar-refractivity contribution in [1.29, 1.82) is 0 Å². The third-order valence-electron chi connectivity index (χ3n) is 5.29. The molecule has 0 unspecified atom stereocenters. The lowest BCUT2D eigenvalue weighted by molar-refractivity contribution is 0.0665. The van der Waals surface area contributed by atoms with E-state index in [1.54, 1.807) is 6.20 Å². The molecule has 4 rings (SSSR count). The van der Waals surface area contributed by atoms with Gasteiger partial charge in [0.15, 0.2) is 5.65 Å². The van der Waals surface area contributed by atoms with Gasteiger partial charge in [-0.25, -0.2) is 9.97 Å². The highest BCUT2D eigenvalue weighted by molar-refractivity contribution is 6.00. The minimum absolute atomic E-state index is 0.0395. The second-order valence-corrected chi connectivity index (χ2v) is 7.22. The van der Waals surface area contributed by atoms with Crippen molar-refractivity contribution in [3.8, 4) is 11.4 Å². The maximum atomic E-state index is 13.1. The van der Waals surface area contributed by atoms with Crippen LogP contribution in [0, 0.1) is 0 Å². The Bertz CT molecular complexity index is 976. The van der Waals surface area contributed by atoms with E-state index >= 15 is 0 Å². The molecule has 146 valence electrons. The van der Waals surface area contributed by atoms with Gasteiger partial charge in [-0.15, -0.1) is 0 Å². The summed E-state index contributed by atoms with van der Waals surface area (Å²) in [5.74, 6) is 0.689. The molecule has 1 aliphatic heterocycles. The molecule has 1 fully saturated rings. The Hall–Kier alpha value is -2.77. The minimum Gasteiger partial charge on any atom is -0.396 e. The first-order valence-corrected chi connectivity index (χ1v) is 9.69. The summed E-state index contributed by atoms with van der Waals surface area (Å²) in [6.07, 6.45) is 3.17. The molecule has 0 spiro atoms. The highest BCUT2D eigenvalue weighted by Gasteiger charge is 2.23. The van der Waals surface area contributed by atoms with Crippen LogP contribution in [0.5, 0.6) is 0 Å². The Labute approximate surface area is 164 Å². The summed E-state index contributed by atoms with van der Waals surface area (Å²) in [6.45, 7) is 3.38. The highest BCUT2D eigenvalue weighted by Crippen LogP contribution is 2.26. The first-order valence-electron chi connectivity index (χ1n) is 9.69. The van der Waals surface area contributed by atoms with E-state index in [-0.39, 0.29) is 12.5 Å². The van der Waals surface area contributed by atoms with Gasteiger partial charge in [-0.05, 0) is 37.6 Å². The van der Waals surface area contributed by atoms with Gasteiger partial charge in [-0.1, -0.05) is 18.2 Å². The van der Waals surface area contributed by atoms with Crippen LogP contribution in [0.25, 0.3) is 22.6 Å². The van der Waals surface area contributed by atoms with Crippen LogP contribution in [0.1, 0.15) is 22.3 Å². The fraction of sp³-hybridized carbons (Fsp3) is 0.381. The predicted octanol–water partition coefficient (Wildman–Crippen LogP) is 1.94. The van der Waals surface area contributed by atoms with E-state index in [0.717, 1.165) is 49.2 Å². The molecule has 1 saturated heterocycles. The Kier molecular flexibility index (Phi) is 5.36. The van der Waals surface area contributed by atoms with Crippen molar-refractivity contribution in [2.45, 2.75) is 12.8 Å². The normalized spacial score (nSPS) is 15.3. The van der Waals surface area contributed by atoms with E-state index in [2.05, 4.69) is 26.9 Å². The standard InChI is InChI=1S/C21H25N5O2/c1-25-10-12-26(13-11-25)21(28)17-7-3-2-6-16(17)19-23-18-15(5-4-14-27)8-9-22-20(18)24-19/h2-3,6-9,27H,4-5,10-14H2,1H3,(H,22,23,24). The Morgan fingerprint density at radius 1 is 1.18 bits per heavy atom. The van der Waals surface area contributed by atoms with Gasteiger partial charge in [-0.2, -0.15) is 0 Å². The number of amides is 1. The van der Waals surface area contributed by atoms with Crippen LogP contribution in [0.3, 0.4) is 0 Å². The summed E-state index contributed by atoms with van der Waals surface area (Å²) in [7, 11) is 2.07. The molecule has 1 aromatic carbocycles. The van der Waals surface area contributed by atoms with Crippen LogP contribution in [0.15, 0.2) is 36.5 Å². The summed E-state index contributed by atoms with van der Waals surface area (Å²) in [5, 5.41) is 9.13. The van der Waals surface area contributed by atoms with Gasteiger partial charge < -0.3 is 19.9 Å². The lowest BCUT2D eigenvalue weighted by Crippen LogP contribution is -2.47. The van der Waals surface area contributed by atoms with E-state index < -0.39 is 0 Å². The number of benzene rings is 1. The third kappa shape index (κ3) is 3.63. The summed E-state index contributed by atoms with van der Waals surface area (Å²) in [6, 6.07) is 9.54. The number of pyridine rings is 1. The number of rotatable bonds is 5. The number of aryl methyl sites for hydroxylation is 1. The quantitative estimate of drug-likeness (QED) is 0.708. The van der Waals surface area contributed by atoms with Crippen LogP contribution in [-0.4, -0.2) is 75.6 Å². The van der Waals surface area contributed by atoms with Crippen molar-refractivity contribution in [3.05, 3.63) is 47.7 Å². The number of hydrogen-bond donors (Lipinski definition) is 2. The van der Waals surface area contributed by atoms with Gasteiger partial charge >= 0.3 is 0 Å². The molecule has 1 amide bonds. The van der Waals surface area contributed by atoms with Crippen molar-refractivity contribution >= 4 is 17.1 Å². The number of aliphatic hydroxyl groups excluding tert-OH is 1. The van der Waals surface area contributed by atoms with Crippen LogP contribution in [-0.2, 0) is 6.42 Å². The molecule has 3 heterocycles. The molecule has 0 radical (unpaired) electrons. The van der Waals surface area contributed by atoms with Crippen LogP contribution in [0.4, 0.5) is 0 Å². The van der Waals surface area contributed by atoms with Gasteiger partial charge in [0.1, 0.15) is 5.82 Å². The monoisotopic (exact) mass is 379 g/mol. The molecule has 1 aliphatic rings. The number of nitrogens with one attached hydrogen (secondary N) is 1. The smallest absolute Gasteiger partial charge is 0.254 e. The number of fused-ring (bicyclic) bond motifs is 1. The molecule has 7 nitrogen and oxygen atoms in total. The number of H-pyrrole nitrogens is 1. The fourth-order valence-electron chi connectivity index (χ4n) is 3.62. The van der Waals surface area contributed by atoms with Crippen LogP contribution < -0.4 is 0 Å². The number of nitrogens with zero attached hydrogens (tertiary/aromatic N) is 4. The molecule has 0 atom stereocenters. The number of aliphatic hydroxyl groups is 1. The average Bonchev–Trinajstić information content (AvgIpc) is 3.17. The predicted molar refractivity (Wildman–Crippen MR) is 108 cm³/mol. The van der Waals surface area contributed by atoms with Crippen molar-refractivity contribution in [3.63, 3.8) is 0 Å². The molecule has 0 bridgehead atoms. The van der Waals surface area contributed by atoms with E-state index in [0.29, 0.717) is 23.5 Å². The van der Waals surface area contributed by atoms with Crippen molar-refractivity contribution in [2.24, 2.45) is 0 Å². The number of aromatic amines is 1. The zero-order valence-electron chi connectivity index (χ0n) is 16.1. The average molecular weight is 379 g/mol. The molecule has 28 heavy (non-hydrogen) atoms.